The molecule has 7 heteroatoms. The number of nitrogens with one attached hydrogen (secondary N) is 1. The second-order valence-electron chi connectivity index (χ2n) is 5.91. The van der Waals surface area contributed by atoms with Crippen LogP contribution in [-0.4, -0.2) is 26.2 Å². The van der Waals surface area contributed by atoms with Gasteiger partial charge in [-0.25, -0.2) is 21.9 Å². The van der Waals surface area contributed by atoms with Crippen LogP contribution in [0.25, 0.3) is 0 Å². The minimum Gasteiger partial charge on any atom is -0.396 e. The van der Waals surface area contributed by atoms with Crippen LogP contribution in [0.2, 0.25) is 0 Å². The summed E-state index contributed by atoms with van der Waals surface area (Å²) in [5.41, 5.74) is -0.494. The average Bonchev–Trinajstić information content (AvgIpc) is 2.75. The standard InChI is InChI=1S/C14H19F2NO3S/c1-9-6-12(11(16)7-10(9)15)21(19,20)17-13-4-3-5-14(13,2)8-18/h6-7,13,17-18H,3-5,8H2,1-2H3. The highest BCUT2D eigenvalue weighted by Gasteiger charge is 2.41. The molecule has 2 rings (SSSR count). The maximum absolute atomic E-state index is 13.8. The third-order valence-corrected chi connectivity index (χ3v) is 5.73. The highest BCUT2D eigenvalue weighted by atomic mass is 32.2. The van der Waals surface area contributed by atoms with Gasteiger partial charge in [0, 0.05) is 24.1 Å². The number of halogens is 2. The number of aliphatic hydroxyl groups excluding tert-OH is 1. The molecule has 0 amide bonds. The number of rotatable bonds is 4. The monoisotopic (exact) mass is 319 g/mol. The molecule has 0 aliphatic heterocycles. The maximum atomic E-state index is 13.8. The van der Waals surface area contributed by atoms with Crippen molar-refractivity contribution < 1.29 is 22.3 Å². The Morgan fingerprint density at radius 2 is 2.05 bits per heavy atom. The Balaban J connectivity index is 2.33. The van der Waals surface area contributed by atoms with Crippen molar-refractivity contribution in [1.82, 2.24) is 4.72 Å². The van der Waals surface area contributed by atoms with Gasteiger partial charge in [0.2, 0.25) is 10.0 Å². The van der Waals surface area contributed by atoms with E-state index in [-0.39, 0.29) is 12.2 Å². The molecule has 2 N–H and O–H groups in total. The SMILES string of the molecule is Cc1cc(S(=O)(=O)NC2CCCC2(C)CO)c(F)cc1F. The quantitative estimate of drug-likeness (QED) is 0.893. The first-order valence-electron chi connectivity index (χ1n) is 6.78. The molecular formula is C14H19F2NO3S. The van der Waals surface area contributed by atoms with Crippen molar-refractivity contribution in [3.05, 3.63) is 29.3 Å². The van der Waals surface area contributed by atoms with Crippen molar-refractivity contribution in [3.63, 3.8) is 0 Å². The van der Waals surface area contributed by atoms with Crippen LogP contribution >= 0.6 is 0 Å². The lowest BCUT2D eigenvalue weighted by atomic mass is 9.86. The van der Waals surface area contributed by atoms with Gasteiger partial charge < -0.3 is 5.11 Å². The van der Waals surface area contributed by atoms with E-state index in [9.17, 15) is 22.3 Å². The number of aliphatic hydroxyl groups is 1. The van der Waals surface area contributed by atoms with Crippen molar-refractivity contribution in [2.24, 2.45) is 5.41 Å². The van der Waals surface area contributed by atoms with Crippen LogP contribution in [-0.2, 0) is 10.0 Å². The molecule has 1 aliphatic carbocycles. The van der Waals surface area contributed by atoms with Gasteiger partial charge in [-0.3, -0.25) is 0 Å². The van der Waals surface area contributed by atoms with Crippen LogP contribution in [0.3, 0.4) is 0 Å². The summed E-state index contributed by atoms with van der Waals surface area (Å²) < 4.78 is 54.1. The van der Waals surface area contributed by atoms with Crippen LogP contribution in [0.1, 0.15) is 31.7 Å². The van der Waals surface area contributed by atoms with E-state index in [0.717, 1.165) is 12.5 Å². The van der Waals surface area contributed by atoms with Gasteiger partial charge in [0.15, 0.2) is 0 Å². The molecule has 21 heavy (non-hydrogen) atoms. The minimum atomic E-state index is -4.10. The van der Waals surface area contributed by atoms with Gasteiger partial charge in [-0.1, -0.05) is 13.3 Å². The first kappa shape index (κ1) is 16.3. The molecule has 0 radical (unpaired) electrons. The number of sulfonamides is 1. The Bertz CT molecular complexity index is 648. The molecule has 2 atom stereocenters. The molecule has 0 spiro atoms. The van der Waals surface area contributed by atoms with E-state index in [1.54, 1.807) is 6.92 Å². The summed E-state index contributed by atoms with van der Waals surface area (Å²) in [4.78, 5) is -0.561. The molecular weight excluding hydrogens is 300 g/mol. The second-order valence-corrected chi connectivity index (χ2v) is 7.59. The zero-order valence-corrected chi connectivity index (χ0v) is 12.8. The molecule has 0 bridgehead atoms. The fourth-order valence-corrected chi connectivity index (χ4v) is 4.26. The van der Waals surface area contributed by atoms with Crippen molar-refractivity contribution in [3.8, 4) is 0 Å². The van der Waals surface area contributed by atoms with E-state index >= 15 is 0 Å². The number of aryl methyl sites for hydroxylation is 1. The maximum Gasteiger partial charge on any atom is 0.243 e. The lowest BCUT2D eigenvalue weighted by Gasteiger charge is -2.29. The van der Waals surface area contributed by atoms with Gasteiger partial charge in [-0.15, -0.1) is 0 Å². The summed E-state index contributed by atoms with van der Waals surface area (Å²) in [6.45, 7) is 3.02. The predicted octanol–water partition coefficient (Wildman–Crippen LogP) is 2.10. The van der Waals surface area contributed by atoms with Crippen LogP contribution in [0.4, 0.5) is 8.78 Å². The van der Waals surface area contributed by atoms with Gasteiger partial charge in [0.25, 0.3) is 0 Å². The summed E-state index contributed by atoms with van der Waals surface area (Å²) >= 11 is 0. The molecule has 118 valence electrons. The topological polar surface area (TPSA) is 66.4 Å². The molecule has 1 aliphatic rings. The van der Waals surface area contributed by atoms with Gasteiger partial charge in [0.1, 0.15) is 16.5 Å². The van der Waals surface area contributed by atoms with Crippen molar-refractivity contribution in [1.29, 1.82) is 0 Å². The molecule has 1 saturated carbocycles. The molecule has 2 unspecified atom stereocenters. The number of hydrogen-bond donors (Lipinski definition) is 2. The zero-order chi connectivity index (χ0) is 15.8. The van der Waals surface area contributed by atoms with E-state index in [0.29, 0.717) is 18.9 Å². The molecule has 0 heterocycles. The molecule has 1 aromatic rings. The lowest BCUT2D eigenvalue weighted by molar-refractivity contribution is 0.127. The summed E-state index contributed by atoms with van der Waals surface area (Å²) in [5, 5.41) is 9.44. The predicted molar refractivity (Wildman–Crippen MR) is 74.2 cm³/mol. The third-order valence-electron chi connectivity index (χ3n) is 4.24. The molecule has 0 aromatic heterocycles. The molecule has 1 aromatic carbocycles. The first-order valence-corrected chi connectivity index (χ1v) is 8.27. The van der Waals surface area contributed by atoms with Crippen LogP contribution in [0.5, 0.6) is 0 Å². The summed E-state index contributed by atoms with van der Waals surface area (Å²) in [7, 11) is -4.10. The third kappa shape index (κ3) is 3.09. The van der Waals surface area contributed by atoms with Gasteiger partial charge in [-0.2, -0.15) is 0 Å². The van der Waals surface area contributed by atoms with Gasteiger partial charge in [-0.05, 0) is 31.4 Å². The molecule has 1 fully saturated rings. The second kappa shape index (κ2) is 5.62. The number of benzene rings is 1. The minimum absolute atomic E-state index is 0.0631. The highest BCUT2D eigenvalue weighted by Crippen LogP contribution is 2.38. The zero-order valence-electron chi connectivity index (χ0n) is 12.0. The summed E-state index contributed by atoms with van der Waals surface area (Å²) in [6.07, 6.45) is 2.06. The lowest BCUT2D eigenvalue weighted by Crippen LogP contribution is -2.44. The Morgan fingerprint density at radius 1 is 1.38 bits per heavy atom. The van der Waals surface area contributed by atoms with Gasteiger partial charge >= 0.3 is 0 Å². The highest BCUT2D eigenvalue weighted by molar-refractivity contribution is 7.89. The van der Waals surface area contributed by atoms with E-state index in [2.05, 4.69) is 4.72 Å². The van der Waals surface area contributed by atoms with Crippen LogP contribution in [0, 0.1) is 24.0 Å². The Kier molecular flexibility index (Phi) is 4.37. The van der Waals surface area contributed by atoms with E-state index in [1.807, 2.05) is 0 Å². The first-order chi connectivity index (χ1) is 9.69. The Morgan fingerprint density at radius 3 is 2.67 bits per heavy atom. The molecule has 0 saturated heterocycles. The summed E-state index contributed by atoms with van der Waals surface area (Å²) in [6, 6.07) is 1.10. The Labute approximate surface area is 123 Å². The van der Waals surface area contributed by atoms with Crippen LogP contribution < -0.4 is 4.72 Å². The van der Waals surface area contributed by atoms with Crippen molar-refractivity contribution in [2.75, 3.05) is 6.61 Å². The van der Waals surface area contributed by atoms with Crippen molar-refractivity contribution in [2.45, 2.75) is 44.0 Å². The Hall–Kier alpha value is -1.05. The largest absolute Gasteiger partial charge is 0.396 e. The van der Waals surface area contributed by atoms with Crippen LogP contribution in [0.15, 0.2) is 17.0 Å². The average molecular weight is 319 g/mol. The summed E-state index contributed by atoms with van der Waals surface area (Å²) in [5.74, 6) is -1.90. The van der Waals surface area contributed by atoms with E-state index < -0.39 is 38.0 Å². The van der Waals surface area contributed by atoms with Crippen molar-refractivity contribution >= 4 is 10.0 Å². The molecule has 4 nitrogen and oxygen atoms in total. The fourth-order valence-electron chi connectivity index (χ4n) is 2.71. The van der Waals surface area contributed by atoms with Gasteiger partial charge in [0.05, 0.1) is 0 Å². The smallest absolute Gasteiger partial charge is 0.243 e. The van der Waals surface area contributed by atoms with E-state index in [1.165, 1.54) is 6.92 Å². The normalized spacial score (nSPS) is 26.2. The number of hydrogen-bond acceptors (Lipinski definition) is 3. The van der Waals surface area contributed by atoms with E-state index in [4.69, 9.17) is 0 Å². The fraction of sp³-hybridized carbons (Fsp3) is 0.571.